The number of fused-ring (bicyclic) bond motifs is 2. The number of nitrogens with one attached hydrogen (secondary N) is 2. The molecule has 0 aliphatic carbocycles. The maximum atomic E-state index is 12.7. The summed E-state index contributed by atoms with van der Waals surface area (Å²) >= 11 is 0. The molecule has 4 rings (SSSR count). The summed E-state index contributed by atoms with van der Waals surface area (Å²) in [5.74, 6) is 1.51. The number of rotatable bonds is 3. The van der Waals surface area contributed by atoms with E-state index in [1.807, 2.05) is 60.1 Å². The number of imidazole rings is 1. The first-order valence-electron chi connectivity index (χ1n) is 8.37. The standard InChI is InChI=1S/C19H20N4O2/c1-23-15-8-4-3-7-14(15)22-17(23)12-21-19(24)18-13-6-2-5-9-16(13)25-11-10-20-18/h2-9,18,20H,10-12H2,1H3,(H,21,24). The molecule has 1 aliphatic rings. The molecular weight excluding hydrogens is 316 g/mol. The summed E-state index contributed by atoms with van der Waals surface area (Å²) < 4.78 is 7.70. The molecule has 6 heteroatoms. The second kappa shape index (κ2) is 6.57. The van der Waals surface area contributed by atoms with Gasteiger partial charge in [-0.1, -0.05) is 30.3 Å². The number of carbonyl (C=O) groups excluding carboxylic acids is 1. The lowest BCUT2D eigenvalue weighted by Gasteiger charge is -2.17. The number of hydrogen-bond donors (Lipinski definition) is 2. The summed E-state index contributed by atoms with van der Waals surface area (Å²) in [6.45, 7) is 1.55. The summed E-state index contributed by atoms with van der Waals surface area (Å²) in [6.07, 6.45) is 0. The molecule has 1 amide bonds. The van der Waals surface area contributed by atoms with Gasteiger partial charge in [-0.2, -0.15) is 0 Å². The van der Waals surface area contributed by atoms with E-state index in [0.717, 1.165) is 28.2 Å². The van der Waals surface area contributed by atoms with E-state index in [-0.39, 0.29) is 5.91 Å². The van der Waals surface area contributed by atoms with Crippen LogP contribution < -0.4 is 15.4 Å². The van der Waals surface area contributed by atoms with Crippen molar-refractivity contribution in [3.05, 3.63) is 59.9 Å². The lowest BCUT2D eigenvalue weighted by Crippen LogP contribution is -2.37. The monoisotopic (exact) mass is 336 g/mol. The fourth-order valence-corrected chi connectivity index (χ4v) is 3.18. The molecule has 25 heavy (non-hydrogen) atoms. The molecule has 1 aromatic heterocycles. The fraction of sp³-hybridized carbons (Fsp3) is 0.263. The summed E-state index contributed by atoms with van der Waals surface area (Å²) in [5, 5.41) is 6.25. The topological polar surface area (TPSA) is 68.2 Å². The molecule has 2 aromatic carbocycles. The molecule has 0 saturated carbocycles. The Labute approximate surface area is 145 Å². The molecule has 0 bridgehead atoms. The minimum Gasteiger partial charge on any atom is -0.492 e. The Hall–Kier alpha value is -2.86. The van der Waals surface area contributed by atoms with Crippen LogP contribution in [0.15, 0.2) is 48.5 Å². The van der Waals surface area contributed by atoms with Gasteiger partial charge in [0, 0.05) is 19.2 Å². The van der Waals surface area contributed by atoms with Gasteiger partial charge in [0.15, 0.2) is 0 Å². The largest absolute Gasteiger partial charge is 0.492 e. The van der Waals surface area contributed by atoms with Crippen molar-refractivity contribution in [3.63, 3.8) is 0 Å². The number of amides is 1. The number of aromatic nitrogens is 2. The summed E-state index contributed by atoms with van der Waals surface area (Å²) in [7, 11) is 1.96. The molecule has 2 heterocycles. The Morgan fingerprint density at radius 2 is 2.08 bits per heavy atom. The highest BCUT2D eigenvalue weighted by atomic mass is 16.5. The van der Waals surface area contributed by atoms with Crippen molar-refractivity contribution in [1.29, 1.82) is 0 Å². The van der Waals surface area contributed by atoms with Crippen molar-refractivity contribution in [2.24, 2.45) is 7.05 Å². The van der Waals surface area contributed by atoms with Gasteiger partial charge in [-0.05, 0) is 18.2 Å². The van der Waals surface area contributed by atoms with Crippen LogP contribution in [-0.2, 0) is 18.4 Å². The first kappa shape index (κ1) is 15.7. The second-order valence-electron chi connectivity index (χ2n) is 6.07. The smallest absolute Gasteiger partial charge is 0.242 e. The highest BCUT2D eigenvalue weighted by Crippen LogP contribution is 2.27. The van der Waals surface area contributed by atoms with Gasteiger partial charge in [0.2, 0.25) is 5.91 Å². The number of hydrogen-bond acceptors (Lipinski definition) is 4. The summed E-state index contributed by atoms with van der Waals surface area (Å²) in [6, 6.07) is 15.2. The fourth-order valence-electron chi connectivity index (χ4n) is 3.18. The van der Waals surface area contributed by atoms with E-state index in [2.05, 4.69) is 15.6 Å². The van der Waals surface area contributed by atoms with Crippen LogP contribution in [0.3, 0.4) is 0 Å². The predicted molar refractivity (Wildman–Crippen MR) is 95.2 cm³/mol. The Morgan fingerprint density at radius 1 is 1.28 bits per heavy atom. The van der Waals surface area contributed by atoms with E-state index in [0.29, 0.717) is 19.7 Å². The van der Waals surface area contributed by atoms with Crippen LogP contribution >= 0.6 is 0 Å². The first-order chi connectivity index (χ1) is 12.2. The van der Waals surface area contributed by atoms with Gasteiger partial charge in [-0.3, -0.25) is 10.1 Å². The van der Waals surface area contributed by atoms with Crippen LogP contribution in [0.5, 0.6) is 5.75 Å². The summed E-state index contributed by atoms with van der Waals surface area (Å²) in [4.78, 5) is 17.3. The number of para-hydroxylation sites is 3. The third kappa shape index (κ3) is 2.96. The minimum atomic E-state index is -0.423. The number of ether oxygens (including phenoxy) is 1. The molecule has 2 N–H and O–H groups in total. The van der Waals surface area contributed by atoms with Gasteiger partial charge in [0.1, 0.15) is 24.2 Å². The Kier molecular flexibility index (Phi) is 4.11. The van der Waals surface area contributed by atoms with Crippen molar-refractivity contribution in [1.82, 2.24) is 20.2 Å². The molecular formula is C19H20N4O2. The van der Waals surface area contributed by atoms with Gasteiger partial charge in [0.25, 0.3) is 0 Å². The van der Waals surface area contributed by atoms with Crippen molar-refractivity contribution in [3.8, 4) is 5.75 Å². The van der Waals surface area contributed by atoms with E-state index >= 15 is 0 Å². The third-order valence-electron chi connectivity index (χ3n) is 4.50. The van der Waals surface area contributed by atoms with Gasteiger partial charge in [0.05, 0.1) is 17.6 Å². The first-order valence-corrected chi connectivity index (χ1v) is 8.37. The molecule has 128 valence electrons. The molecule has 1 atom stereocenters. The van der Waals surface area contributed by atoms with E-state index in [4.69, 9.17) is 4.74 Å². The molecule has 0 radical (unpaired) electrons. The molecule has 0 spiro atoms. The summed E-state index contributed by atoms with van der Waals surface area (Å²) in [5.41, 5.74) is 2.85. The highest BCUT2D eigenvalue weighted by molar-refractivity contribution is 5.84. The zero-order valence-corrected chi connectivity index (χ0v) is 14.0. The lowest BCUT2D eigenvalue weighted by molar-refractivity contribution is -0.123. The normalized spacial score (nSPS) is 16.8. The van der Waals surface area contributed by atoms with Crippen LogP contribution in [0.25, 0.3) is 11.0 Å². The van der Waals surface area contributed by atoms with E-state index in [1.165, 1.54) is 0 Å². The van der Waals surface area contributed by atoms with E-state index in [1.54, 1.807) is 0 Å². The van der Waals surface area contributed by atoms with Gasteiger partial charge in [-0.25, -0.2) is 4.98 Å². The van der Waals surface area contributed by atoms with Gasteiger partial charge in [-0.15, -0.1) is 0 Å². The van der Waals surface area contributed by atoms with Crippen LogP contribution in [0.1, 0.15) is 17.4 Å². The number of aryl methyl sites for hydroxylation is 1. The molecule has 1 unspecified atom stereocenters. The van der Waals surface area contributed by atoms with Crippen molar-refractivity contribution < 1.29 is 9.53 Å². The average Bonchev–Trinajstić information content (AvgIpc) is 2.82. The lowest BCUT2D eigenvalue weighted by atomic mass is 10.1. The van der Waals surface area contributed by atoms with Crippen LogP contribution in [0.4, 0.5) is 0 Å². The van der Waals surface area contributed by atoms with Gasteiger partial charge >= 0.3 is 0 Å². The van der Waals surface area contributed by atoms with Gasteiger partial charge < -0.3 is 14.6 Å². The van der Waals surface area contributed by atoms with E-state index in [9.17, 15) is 4.79 Å². The molecule has 3 aromatic rings. The molecule has 0 saturated heterocycles. The zero-order chi connectivity index (χ0) is 17.2. The SMILES string of the molecule is Cn1c(CNC(=O)C2NCCOc3ccccc32)nc2ccccc21. The van der Waals surface area contributed by atoms with Crippen molar-refractivity contribution in [2.45, 2.75) is 12.6 Å². The van der Waals surface area contributed by atoms with Crippen LogP contribution in [-0.4, -0.2) is 28.6 Å². The number of carbonyl (C=O) groups is 1. The predicted octanol–water partition coefficient (Wildman–Crippen LogP) is 1.91. The minimum absolute atomic E-state index is 0.0787. The highest BCUT2D eigenvalue weighted by Gasteiger charge is 2.25. The maximum absolute atomic E-state index is 12.7. The Bertz CT molecular complexity index is 919. The van der Waals surface area contributed by atoms with E-state index < -0.39 is 6.04 Å². The zero-order valence-electron chi connectivity index (χ0n) is 14.0. The molecule has 0 fully saturated rings. The Morgan fingerprint density at radius 3 is 2.96 bits per heavy atom. The maximum Gasteiger partial charge on any atom is 0.242 e. The molecule has 1 aliphatic heterocycles. The second-order valence-corrected chi connectivity index (χ2v) is 6.07. The Balaban J connectivity index is 1.53. The number of benzene rings is 2. The average molecular weight is 336 g/mol. The number of nitrogens with zero attached hydrogens (tertiary/aromatic N) is 2. The van der Waals surface area contributed by atoms with Crippen LogP contribution in [0, 0.1) is 0 Å². The van der Waals surface area contributed by atoms with Crippen molar-refractivity contribution >= 4 is 16.9 Å². The third-order valence-corrected chi connectivity index (χ3v) is 4.50. The quantitative estimate of drug-likeness (QED) is 0.767. The van der Waals surface area contributed by atoms with Crippen molar-refractivity contribution in [2.75, 3.05) is 13.2 Å². The van der Waals surface area contributed by atoms with Crippen LogP contribution in [0.2, 0.25) is 0 Å². The molecule has 6 nitrogen and oxygen atoms in total.